The monoisotopic (exact) mass is 620 g/mol. The number of hydrogen-bond donors (Lipinski definition) is 0. The maximum atomic E-state index is 5.92. The summed E-state index contributed by atoms with van der Waals surface area (Å²) >= 11 is 0. The first kappa shape index (κ1) is 31.3. The number of epoxide rings is 2. The molecule has 8 nitrogen and oxygen atoms in total. The van der Waals surface area contributed by atoms with Gasteiger partial charge in [-0.3, -0.25) is 9.98 Å². The van der Waals surface area contributed by atoms with Crippen molar-refractivity contribution < 1.29 is 28.4 Å². The Bertz CT molecular complexity index is 1500. The van der Waals surface area contributed by atoms with Crippen LogP contribution in [0.5, 0.6) is 23.0 Å². The highest BCUT2D eigenvalue weighted by atomic mass is 16.6. The average Bonchev–Trinajstić information content (AvgIpc) is 4.01. The van der Waals surface area contributed by atoms with Crippen molar-refractivity contribution in [2.24, 2.45) is 9.98 Å². The molecule has 4 aromatic rings. The smallest absolute Gasteiger partial charge is 0.119 e. The fourth-order valence-corrected chi connectivity index (χ4v) is 4.60. The Morgan fingerprint density at radius 1 is 0.565 bits per heavy atom. The summed E-state index contributed by atoms with van der Waals surface area (Å²) in [5.74, 6) is 3.37. The van der Waals surface area contributed by atoms with Crippen LogP contribution in [0.15, 0.2) is 94.9 Å². The van der Waals surface area contributed by atoms with Crippen LogP contribution in [0.4, 0.5) is 11.4 Å². The van der Waals surface area contributed by atoms with Crippen molar-refractivity contribution in [1.82, 2.24) is 0 Å². The molecule has 238 valence electrons. The molecular weight excluding hydrogens is 580 g/mol. The Morgan fingerprint density at radius 3 is 1.33 bits per heavy atom. The van der Waals surface area contributed by atoms with Gasteiger partial charge in [0, 0.05) is 12.4 Å². The van der Waals surface area contributed by atoms with Gasteiger partial charge in [-0.05, 0) is 134 Å². The van der Waals surface area contributed by atoms with Crippen LogP contribution in [0.1, 0.15) is 35.1 Å². The van der Waals surface area contributed by atoms with Gasteiger partial charge in [0.05, 0.1) is 37.8 Å². The van der Waals surface area contributed by atoms with E-state index < -0.39 is 0 Å². The maximum absolute atomic E-state index is 5.92. The van der Waals surface area contributed by atoms with Gasteiger partial charge in [0.15, 0.2) is 0 Å². The first-order chi connectivity index (χ1) is 22.6. The average molecular weight is 621 g/mol. The van der Waals surface area contributed by atoms with Crippen molar-refractivity contribution in [1.29, 1.82) is 0 Å². The second kappa shape index (κ2) is 15.6. The third-order valence-electron chi connectivity index (χ3n) is 7.55. The largest absolute Gasteiger partial charge is 0.494 e. The molecule has 4 aromatic carbocycles. The van der Waals surface area contributed by atoms with Gasteiger partial charge in [0.25, 0.3) is 0 Å². The van der Waals surface area contributed by atoms with E-state index in [9.17, 15) is 0 Å². The van der Waals surface area contributed by atoms with Crippen molar-refractivity contribution in [3.8, 4) is 23.0 Å². The molecule has 0 bridgehead atoms. The molecular formula is C38H40N2O6. The molecule has 2 fully saturated rings. The number of rotatable bonds is 17. The van der Waals surface area contributed by atoms with E-state index in [2.05, 4.69) is 9.98 Å². The molecule has 0 radical (unpaired) electrons. The van der Waals surface area contributed by atoms with Crippen LogP contribution >= 0.6 is 0 Å². The molecule has 2 saturated heterocycles. The lowest BCUT2D eigenvalue weighted by Crippen LogP contribution is -2.03. The molecule has 0 saturated carbocycles. The molecule has 6 rings (SSSR count). The predicted octanol–water partition coefficient (Wildman–Crippen LogP) is 7.60. The van der Waals surface area contributed by atoms with Crippen molar-refractivity contribution in [2.75, 3.05) is 39.6 Å². The molecule has 2 unspecified atom stereocenters. The molecule has 0 spiro atoms. The van der Waals surface area contributed by atoms with Gasteiger partial charge in [0.2, 0.25) is 0 Å². The zero-order valence-corrected chi connectivity index (χ0v) is 26.4. The number of hydrogen-bond acceptors (Lipinski definition) is 8. The van der Waals surface area contributed by atoms with Crippen molar-refractivity contribution >= 4 is 23.8 Å². The SMILES string of the molecule is Cc1cc(OCC2CO2)ccc1N=Cc1ccc(OCCCCOc2ccc(C=Nc3ccc(OCC4CO4)cc3C)cc2)cc1. The van der Waals surface area contributed by atoms with Crippen LogP contribution < -0.4 is 18.9 Å². The Kier molecular flexibility index (Phi) is 10.6. The molecule has 0 amide bonds. The summed E-state index contributed by atoms with van der Waals surface area (Å²) < 4.78 is 33.7. The van der Waals surface area contributed by atoms with Crippen LogP contribution in [0, 0.1) is 13.8 Å². The summed E-state index contributed by atoms with van der Waals surface area (Å²) in [5, 5.41) is 0. The van der Waals surface area contributed by atoms with Gasteiger partial charge in [-0.25, -0.2) is 0 Å². The summed E-state index contributed by atoms with van der Waals surface area (Å²) in [6.45, 7) is 8.12. The number of nitrogens with zero attached hydrogens (tertiary/aromatic N) is 2. The van der Waals surface area contributed by atoms with Crippen LogP contribution in [0.25, 0.3) is 0 Å². The molecule has 8 heteroatoms. The lowest BCUT2D eigenvalue weighted by molar-refractivity contribution is 0.263. The second-order valence-corrected chi connectivity index (χ2v) is 11.5. The summed E-state index contributed by atoms with van der Waals surface area (Å²) in [7, 11) is 0. The minimum atomic E-state index is 0.245. The molecule has 2 aliphatic heterocycles. The second-order valence-electron chi connectivity index (χ2n) is 11.5. The van der Waals surface area contributed by atoms with Gasteiger partial charge < -0.3 is 28.4 Å². The minimum Gasteiger partial charge on any atom is -0.494 e. The predicted molar refractivity (Wildman–Crippen MR) is 180 cm³/mol. The molecule has 2 aliphatic rings. The molecule has 46 heavy (non-hydrogen) atoms. The standard InChI is InChI=1S/C38H40N2O6/c1-27-19-33(43-23-35-25-45-35)13-15-37(27)39-21-29-5-9-31(10-6-29)41-17-3-4-18-42-32-11-7-30(8-12-32)22-40-38-16-14-34(20-28(38)2)44-24-36-26-46-36/h5-16,19-22,35-36H,3-4,17-18,23-26H2,1-2H3. The Hall–Kier alpha value is -4.66. The van der Waals surface area contributed by atoms with E-state index >= 15 is 0 Å². The number of aliphatic imine (C=N–C) groups is 2. The molecule has 0 N–H and O–H groups in total. The molecule has 2 atom stereocenters. The lowest BCUT2D eigenvalue weighted by atomic mass is 10.2. The van der Waals surface area contributed by atoms with E-state index in [1.54, 1.807) is 0 Å². The zero-order valence-electron chi connectivity index (χ0n) is 26.4. The maximum Gasteiger partial charge on any atom is 0.119 e. The van der Waals surface area contributed by atoms with Crippen LogP contribution in [-0.4, -0.2) is 64.3 Å². The third-order valence-corrected chi connectivity index (χ3v) is 7.55. The van der Waals surface area contributed by atoms with E-state index in [-0.39, 0.29) is 12.2 Å². The molecule has 2 heterocycles. The van der Waals surface area contributed by atoms with E-state index in [1.165, 1.54) is 0 Å². The minimum absolute atomic E-state index is 0.245. The Balaban J connectivity index is 0.861. The normalized spacial score (nSPS) is 16.9. The van der Waals surface area contributed by atoms with E-state index in [0.29, 0.717) is 26.4 Å². The number of ether oxygens (including phenoxy) is 6. The Morgan fingerprint density at radius 2 is 0.957 bits per heavy atom. The lowest BCUT2D eigenvalue weighted by Gasteiger charge is -2.08. The fourth-order valence-electron chi connectivity index (χ4n) is 4.60. The number of unbranched alkanes of at least 4 members (excludes halogenated alkanes) is 1. The fraction of sp³-hybridized carbons (Fsp3) is 0.316. The Labute approximate surface area is 270 Å². The van der Waals surface area contributed by atoms with Crippen LogP contribution in [0.3, 0.4) is 0 Å². The first-order valence-electron chi connectivity index (χ1n) is 15.8. The van der Waals surface area contributed by atoms with Gasteiger partial charge in [-0.2, -0.15) is 0 Å². The molecule has 0 aromatic heterocycles. The van der Waals surface area contributed by atoms with E-state index in [0.717, 1.165) is 82.7 Å². The summed E-state index contributed by atoms with van der Waals surface area (Å²) in [5.41, 5.74) is 5.99. The quantitative estimate of drug-likeness (QED) is 0.0687. The van der Waals surface area contributed by atoms with E-state index in [4.69, 9.17) is 28.4 Å². The van der Waals surface area contributed by atoms with Gasteiger partial charge in [-0.1, -0.05) is 0 Å². The van der Waals surface area contributed by atoms with Gasteiger partial charge >= 0.3 is 0 Å². The summed E-state index contributed by atoms with van der Waals surface area (Å²) in [6, 6.07) is 27.8. The van der Waals surface area contributed by atoms with E-state index in [1.807, 2.05) is 111 Å². The summed E-state index contributed by atoms with van der Waals surface area (Å²) in [4.78, 5) is 9.29. The van der Waals surface area contributed by atoms with Gasteiger partial charge in [-0.15, -0.1) is 0 Å². The van der Waals surface area contributed by atoms with Crippen molar-refractivity contribution in [3.63, 3.8) is 0 Å². The topological polar surface area (TPSA) is 86.7 Å². The highest BCUT2D eigenvalue weighted by Crippen LogP contribution is 2.26. The number of benzene rings is 4. The zero-order chi connectivity index (χ0) is 31.6. The van der Waals surface area contributed by atoms with Crippen molar-refractivity contribution in [3.05, 3.63) is 107 Å². The highest BCUT2D eigenvalue weighted by molar-refractivity contribution is 5.83. The third kappa shape index (κ3) is 9.92. The number of aryl methyl sites for hydroxylation is 2. The summed E-state index contributed by atoms with van der Waals surface area (Å²) in [6.07, 6.45) is 6.02. The highest BCUT2D eigenvalue weighted by Gasteiger charge is 2.23. The molecule has 0 aliphatic carbocycles. The van der Waals surface area contributed by atoms with Crippen LogP contribution in [0.2, 0.25) is 0 Å². The first-order valence-corrected chi connectivity index (χ1v) is 15.8. The van der Waals surface area contributed by atoms with Gasteiger partial charge in [0.1, 0.15) is 48.4 Å². The van der Waals surface area contributed by atoms with Crippen LogP contribution in [-0.2, 0) is 9.47 Å². The van der Waals surface area contributed by atoms with Crippen molar-refractivity contribution in [2.45, 2.75) is 38.9 Å².